The van der Waals surface area contributed by atoms with Crippen molar-refractivity contribution in [2.75, 3.05) is 27.2 Å². The average molecular weight is 253 g/mol. The fraction of sp³-hybridized carbons (Fsp3) is 0.643. The molecule has 0 radical (unpaired) electrons. The summed E-state index contributed by atoms with van der Waals surface area (Å²) < 4.78 is 10.3. The molecule has 0 atom stereocenters. The normalized spacial score (nSPS) is 11.9. The molecule has 0 aliphatic carbocycles. The molecule has 18 heavy (non-hydrogen) atoms. The Balaban J connectivity index is 2.42. The quantitative estimate of drug-likeness (QED) is 0.729. The van der Waals surface area contributed by atoms with E-state index in [1.807, 2.05) is 40.0 Å². The second-order valence-corrected chi connectivity index (χ2v) is 5.38. The Morgan fingerprint density at radius 2 is 2.11 bits per heavy atom. The van der Waals surface area contributed by atoms with Gasteiger partial charge in [0.1, 0.15) is 11.5 Å². The van der Waals surface area contributed by atoms with Gasteiger partial charge >= 0.3 is 5.97 Å². The van der Waals surface area contributed by atoms with Crippen molar-refractivity contribution in [2.24, 2.45) is 5.41 Å². The Hall–Kier alpha value is -1.29. The molecular formula is C14H23NO3. The Morgan fingerprint density at radius 1 is 1.44 bits per heavy atom. The molecule has 0 spiro atoms. The Morgan fingerprint density at radius 3 is 2.61 bits per heavy atom. The van der Waals surface area contributed by atoms with Crippen LogP contribution in [0.2, 0.25) is 0 Å². The summed E-state index contributed by atoms with van der Waals surface area (Å²) in [6, 6.07) is 3.96. The fourth-order valence-electron chi connectivity index (χ4n) is 2.02. The van der Waals surface area contributed by atoms with Crippen molar-refractivity contribution in [3.8, 4) is 0 Å². The van der Waals surface area contributed by atoms with Crippen LogP contribution in [0.25, 0.3) is 0 Å². The molecule has 4 nitrogen and oxygen atoms in total. The van der Waals surface area contributed by atoms with Gasteiger partial charge in [-0.3, -0.25) is 4.79 Å². The summed E-state index contributed by atoms with van der Waals surface area (Å²) in [6.45, 7) is 7.25. The van der Waals surface area contributed by atoms with E-state index in [9.17, 15) is 4.79 Å². The molecule has 0 unspecified atom stereocenters. The van der Waals surface area contributed by atoms with Crippen LogP contribution in [0.15, 0.2) is 16.5 Å². The maximum atomic E-state index is 11.6. The molecule has 0 bridgehead atoms. The zero-order chi connectivity index (χ0) is 13.8. The number of carbonyl (C=O) groups is 1. The minimum Gasteiger partial charge on any atom is -0.469 e. The Kier molecular flexibility index (Phi) is 4.96. The number of aryl methyl sites for hydroxylation is 1. The second-order valence-electron chi connectivity index (χ2n) is 5.38. The summed E-state index contributed by atoms with van der Waals surface area (Å²) >= 11 is 0. The molecule has 0 aliphatic heterocycles. The number of ether oxygens (including phenoxy) is 1. The van der Waals surface area contributed by atoms with Crippen molar-refractivity contribution in [2.45, 2.75) is 27.2 Å². The van der Waals surface area contributed by atoms with Crippen molar-refractivity contribution in [1.82, 2.24) is 4.90 Å². The highest BCUT2D eigenvalue weighted by atomic mass is 16.5. The first-order valence-corrected chi connectivity index (χ1v) is 6.17. The number of nitrogens with zero attached hydrogens (tertiary/aromatic N) is 1. The molecule has 0 saturated heterocycles. The molecule has 1 heterocycles. The van der Waals surface area contributed by atoms with Gasteiger partial charge in [-0.25, -0.2) is 0 Å². The Bertz CT molecular complexity index is 395. The van der Waals surface area contributed by atoms with Gasteiger partial charge in [0.05, 0.1) is 12.5 Å². The van der Waals surface area contributed by atoms with Gasteiger partial charge in [0.25, 0.3) is 0 Å². The topological polar surface area (TPSA) is 42.7 Å². The average Bonchev–Trinajstić information content (AvgIpc) is 2.70. The van der Waals surface area contributed by atoms with Gasteiger partial charge in [0.2, 0.25) is 0 Å². The van der Waals surface area contributed by atoms with Crippen LogP contribution in [0.5, 0.6) is 0 Å². The Labute approximate surface area is 109 Å². The molecule has 0 saturated carbocycles. The first-order chi connectivity index (χ1) is 8.35. The standard InChI is InChI=1S/C14H23NO3/c1-11-6-7-12(18-11)8-9-15(4)10-14(2,3)13(16)17-5/h6-7H,8-10H2,1-5H3. The van der Waals surface area contributed by atoms with E-state index in [2.05, 4.69) is 4.90 Å². The van der Waals surface area contributed by atoms with E-state index in [4.69, 9.17) is 9.15 Å². The van der Waals surface area contributed by atoms with E-state index in [1.54, 1.807) is 0 Å². The van der Waals surface area contributed by atoms with Crippen LogP contribution in [0.4, 0.5) is 0 Å². The third kappa shape index (κ3) is 4.18. The molecule has 1 aromatic rings. The zero-order valence-electron chi connectivity index (χ0n) is 11.9. The van der Waals surface area contributed by atoms with E-state index >= 15 is 0 Å². The summed E-state index contributed by atoms with van der Waals surface area (Å²) in [6.07, 6.45) is 0.849. The van der Waals surface area contributed by atoms with Crippen LogP contribution >= 0.6 is 0 Å². The smallest absolute Gasteiger partial charge is 0.312 e. The number of furan rings is 1. The zero-order valence-corrected chi connectivity index (χ0v) is 11.9. The van der Waals surface area contributed by atoms with E-state index in [0.29, 0.717) is 6.54 Å². The molecule has 0 N–H and O–H groups in total. The van der Waals surface area contributed by atoms with Crippen molar-refractivity contribution in [1.29, 1.82) is 0 Å². The van der Waals surface area contributed by atoms with Crippen LogP contribution in [-0.4, -0.2) is 38.1 Å². The monoisotopic (exact) mass is 253 g/mol. The van der Waals surface area contributed by atoms with Crippen LogP contribution in [0.1, 0.15) is 25.4 Å². The molecule has 0 amide bonds. The van der Waals surface area contributed by atoms with Crippen molar-refractivity contribution >= 4 is 5.97 Å². The number of hydrogen-bond donors (Lipinski definition) is 0. The molecule has 0 aromatic carbocycles. The van der Waals surface area contributed by atoms with Gasteiger partial charge in [0, 0.05) is 19.5 Å². The van der Waals surface area contributed by atoms with Gasteiger partial charge in [-0.2, -0.15) is 0 Å². The third-order valence-corrected chi connectivity index (χ3v) is 2.94. The minimum absolute atomic E-state index is 0.178. The van der Waals surface area contributed by atoms with Crippen molar-refractivity contribution in [3.05, 3.63) is 23.7 Å². The summed E-state index contributed by atoms with van der Waals surface area (Å²) in [4.78, 5) is 13.7. The summed E-state index contributed by atoms with van der Waals surface area (Å²) in [5.74, 6) is 1.74. The number of hydrogen-bond acceptors (Lipinski definition) is 4. The number of methoxy groups -OCH3 is 1. The van der Waals surface area contributed by atoms with Gasteiger partial charge in [-0.05, 0) is 40.0 Å². The number of likely N-dealkylation sites (N-methyl/N-ethyl adjacent to an activating group) is 1. The molecule has 0 aliphatic rings. The highest BCUT2D eigenvalue weighted by molar-refractivity contribution is 5.76. The van der Waals surface area contributed by atoms with Crippen LogP contribution in [-0.2, 0) is 16.0 Å². The second kappa shape index (κ2) is 6.05. The lowest BCUT2D eigenvalue weighted by Crippen LogP contribution is -2.38. The SMILES string of the molecule is COC(=O)C(C)(C)CN(C)CCc1ccc(C)o1. The lowest BCUT2D eigenvalue weighted by molar-refractivity contribution is -0.151. The van der Waals surface area contributed by atoms with Crippen LogP contribution in [0, 0.1) is 12.3 Å². The lowest BCUT2D eigenvalue weighted by Gasteiger charge is -2.27. The largest absolute Gasteiger partial charge is 0.469 e. The first kappa shape index (κ1) is 14.8. The lowest BCUT2D eigenvalue weighted by atomic mass is 9.93. The molecule has 0 fully saturated rings. The molecule has 4 heteroatoms. The summed E-state index contributed by atoms with van der Waals surface area (Å²) in [5.41, 5.74) is -0.484. The molecular weight excluding hydrogens is 230 g/mol. The van der Waals surface area contributed by atoms with Gasteiger partial charge in [-0.1, -0.05) is 0 Å². The molecule has 102 valence electrons. The highest BCUT2D eigenvalue weighted by Crippen LogP contribution is 2.18. The number of rotatable bonds is 6. The van der Waals surface area contributed by atoms with E-state index < -0.39 is 5.41 Å². The molecule has 1 rings (SSSR count). The predicted molar refractivity (Wildman–Crippen MR) is 70.4 cm³/mol. The minimum atomic E-state index is -0.484. The predicted octanol–water partition coefficient (Wildman–Crippen LogP) is 2.26. The number of carbonyl (C=O) groups excluding carboxylic acids is 1. The third-order valence-electron chi connectivity index (χ3n) is 2.94. The first-order valence-electron chi connectivity index (χ1n) is 6.17. The van der Waals surface area contributed by atoms with Gasteiger partial charge in [-0.15, -0.1) is 0 Å². The number of esters is 1. The van der Waals surface area contributed by atoms with E-state index in [0.717, 1.165) is 24.5 Å². The maximum Gasteiger partial charge on any atom is 0.312 e. The van der Waals surface area contributed by atoms with Crippen LogP contribution < -0.4 is 0 Å². The van der Waals surface area contributed by atoms with Crippen molar-refractivity contribution in [3.63, 3.8) is 0 Å². The van der Waals surface area contributed by atoms with Gasteiger partial charge in [0.15, 0.2) is 0 Å². The molecule has 1 aromatic heterocycles. The van der Waals surface area contributed by atoms with E-state index in [-0.39, 0.29) is 5.97 Å². The fourth-order valence-corrected chi connectivity index (χ4v) is 2.02. The van der Waals surface area contributed by atoms with Crippen LogP contribution in [0.3, 0.4) is 0 Å². The summed E-state index contributed by atoms with van der Waals surface area (Å²) in [5, 5.41) is 0. The van der Waals surface area contributed by atoms with Gasteiger partial charge < -0.3 is 14.1 Å². The van der Waals surface area contributed by atoms with E-state index in [1.165, 1.54) is 7.11 Å². The van der Waals surface area contributed by atoms with Crippen molar-refractivity contribution < 1.29 is 13.9 Å². The maximum absolute atomic E-state index is 11.6. The highest BCUT2D eigenvalue weighted by Gasteiger charge is 2.29. The summed E-state index contributed by atoms with van der Waals surface area (Å²) in [7, 11) is 3.43.